The van der Waals surface area contributed by atoms with Crippen molar-refractivity contribution in [3.63, 3.8) is 0 Å². The van der Waals surface area contributed by atoms with Crippen LogP contribution in [0.1, 0.15) is 6.92 Å². The predicted octanol–water partition coefficient (Wildman–Crippen LogP) is -2.29. The van der Waals surface area contributed by atoms with Gasteiger partial charge in [0.05, 0.1) is 0 Å². The number of hydrogen-bond donors (Lipinski definition) is 0. The summed E-state index contributed by atoms with van der Waals surface area (Å²) >= 11 is 0. The number of rotatable bonds is 1. The summed E-state index contributed by atoms with van der Waals surface area (Å²) in [4.78, 5) is 0. The maximum atomic E-state index is 9.58. The van der Waals surface area contributed by atoms with Crippen LogP contribution >= 0.6 is 0 Å². The molecular formula is C3H6MgO2. The zero-order chi connectivity index (χ0) is 4.28. The Hall–Kier alpha value is 0.686. The molecule has 0 spiro atoms. The summed E-state index contributed by atoms with van der Waals surface area (Å²) in [5.74, 6) is 0. The first-order chi connectivity index (χ1) is 2.27. The second-order valence-electron chi connectivity index (χ2n) is 0.977. The third-order valence-electron chi connectivity index (χ3n) is 0.235. The van der Waals surface area contributed by atoms with Crippen LogP contribution in [0, 0.1) is 0 Å². The van der Waals surface area contributed by atoms with E-state index in [1.54, 1.807) is 0 Å². The zero-order valence-corrected chi connectivity index (χ0v) is 5.22. The van der Waals surface area contributed by atoms with Crippen molar-refractivity contribution in [2.24, 2.45) is 0 Å². The van der Waals surface area contributed by atoms with E-state index in [0.717, 1.165) is 0 Å². The molecule has 0 aliphatic carbocycles. The fourth-order valence-corrected chi connectivity index (χ4v) is 0. The molecular weight excluding hydrogens is 92.3 g/mol. The smallest absolute Gasteiger partial charge is 0.855 e. The Balaban J connectivity index is 0. The normalized spacial score (nSPS) is 12.5. The van der Waals surface area contributed by atoms with Gasteiger partial charge in [-0.2, -0.15) is 6.61 Å². The van der Waals surface area contributed by atoms with Gasteiger partial charge in [0.1, 0.15) is 0 Å². The molecule has 0 saturated carbocycles. The molecule has 0 radical (unpaired) electrons. The van der Waals surface area contributed by atoms with Crippen molar-refractivity contribution in [2.45, 2.75) is 13.0 Å². The van der Waals surface area contributed by atoms with Gasteiger partial charge in [-0.15, -0.1) is 6.10 Å². The molecule has 1 unspecified atom stereocenters. The molecule has 0 aliphatic rings. The molecule has 6 heavy (non-hydrogen) atoms. The molecule has 0 bridgehead atoms. The van der Waals surface area contributed by atoms with Crippen LogP contribution in [0.15, 0.2) is 0 Å². The summed E-state index contributed by atoms with van der Waals surface area (Å²) in [5.41, 5.74) is 0. The van der Waals surface area contributed by atoms with E-state index in [-0.39, 0.29) is 23.1 Å². The molecule has 0 saturated heterocycles. The van der Waals surface area contributed by atoms with Gasteiger partial charge in [0, 0.05) is 0 Å². The van der Waals surface area contributed by atoms with Crippen molar-refractivity contribution < 1.29 is 10.2 Å². The van der Waals surface area contributed by atoms with Crippen LogP contribution in [-0.4, -0.2) is 35.8 Å². The monoisotopic (exact) mass is 98.0 g/mol. The summed E-state index contributed by atoms with van der Waals surface area (Å²) < 4.78 is 0. The zero-order valence-electron chi connectivity index (χ0n) is 3.81. The van der Waals surface area contributed by atoms with E-state index in [1.807, 2.05) is 0 Å². The SMILES string of the molecule is CC([O-])C[O-].[Mg+2]. The molecule has 0 fully saturated rings. The average molecular weight is 98.4 g/mol. The maximum Gasteiger partial charge on any atom is 2.00 e. The Morgan fingerprint density at radius 2 is 1.83 bits per heavy atom. The van der Waals surface area contributed by atoms with E-state index in [4.69, 9.17) is 0 Å². The Morgan fingerprint density at radius 1 is 1.67 bits per heavy atom. The van der Waals surface area contributed by atoms with E-state index in [1.165, 1.54) is 6.92 Å². The van der Waals surface area contributed by atoms with Crippen LogP contribution < -0.4 is 10.2 Å². The standard InChI is InChI=1S/C3H6O2.Mg/c1-3(5)2-4;/h3H,2H2,1H3;/q-2;+2. The summed E-state index contributed by atoms with van der Waals surface area (Å²) in [6, 6.07) is 0. The van der Waals surface area contributed by atoms with Crippen LogP contribution in [0.2, 0.25) is 0 Å². The van der Waals surface area contributed by atoms with Gasteiger partial charge in [0.25, 0.3) is 0 Å². The van der Waals surface area contributed by atoms with Gasteiger partial charge >= 0.3 is 23.1 Å². The van der Waals surface area contributed by atoms with Crippen LogP contribution in [0.3, 0.4) is 0 Å². The van der Waals surface area contributed by atoms with Crippen molar-refractivity contribution in [2.75, 3.05) is 6.61 Å². The third-order valence-corrected chi connectivity index (χ3v) is 0.235. The molecule has 0 aromatic heterocycles. The summed E-state index contributed by atoms with van der Waals surface area (Å²) in [5, 5.41) is 18.9. The molecule has 2 nitrogen and oxygen atoms in total. The van der Waals surface area contributed by atoms with Crippen LogP contribution in [-0.2, 0) is 0 Å². The van der Waals surface area contributed by atoms with E-state index < -0.39 is 12.7 Å². The largest absolute Gasteiger partial charge is 2.00 e. The first kappa shape index (κ1) is 9.84. The molecule has 1 atom stereocenters. The van der Waals surface area contributed by atoms with E-state index in [2.05, 4.69) is 0 Å². The van der Waals surface area contributed by atoms with Crippen molar-refractivity contribution >= 4 is 23.1 Å². The van der Waals surface area contributed by atoms with Gasteiger partial charge in [0.2, 0.25) is 0 Å². The Kier molecular flexibility index (Phi) is 9.33. The van der Waals surface area contributed by atoms with Crippen LogP contribution in [0.4, 0.5) is 0 Å². The van der Waals surface area contributed by atoms with Crippen molar-refractivity contribution in [1.29, 1.82) is 0 Å². The topological polar surface area (TPSA) is 46.1 Å². The van der Waals surface area contributed by atoms with Gasteiger partial charge in [-0.3, -0.25) is 0 Å². The summed E-state index contributed by atoms with van der Waals surface area (Å²) in [6.45, 7) is 0.854. The van der Waals surface area contributed by atoms with Gasteiger partial charge in [-0.1, -0.05) is 6.92 Å². The number of hydrogen-bond acceptors (Lipinski definition) is 2. The fraction of sp³-hybridized carbons (Fsp3) is 1.00. The van der Waals surface area contributed by atoms with Crippen LogP contribution in [0.5, 0.6) is 0 Å². The van der Waals surface area contributed by atoms with Crippen molar-refractivity contribution in [3.05, 3.63) is 0 Å². The minimum atomic E-state index is -0.921. The molecule has 0 aromatic carbocycles. The second kappa shape index (κ2) is 5.69. The maximum absolute atomic E-state index is 9.58. The Morgan fingerprint density at radius 3 is 1.83 bits per heavy atom. The van der Waals surface area contributed by atoms with Crippen molar-refractivity contribution in [1.82, 2.24) is 0 Å². The first-order valence-electron chi connectivity index (χ1n) is 1.51. The molecule has 0 N–H and O–H groups in total. The van der Waals surface area contributed by atoms with Gasteiger partial charge in [0.15, 0.2) is 0 Å². The van der Waals surface area contributed by atoms with Gasteiger partial charge in [-0.05, 0) is 0 Å². The molecule has 0 heterocycles. The van der Waals surface area contributed by atoms with Crippen molar-refractivity contribution in [3.8, 4) is 0 Å². The quantitative estimate of drug-likeness (QED) is 0.347. The third kappa shape index (κ3) is 8.82. The molecule has 32 valence electrons. The summed E-state index contributed by atoms with van der Waals surface area (Å²) in [7, 11) is 0. The molecule has 0 aromatic rings. The molecule has 3 heteroatoms. The Labute approximate surface area is 53.3 Å². The molecule has 0 rings (SSSR count). The van der Waals surface area contributed by atoms with Gasteiger partial charge in [-0.25, -0.2) is 0 Å². The fourth-order valence-electron chi connectivity index (χ4n) is 0. The minimum Gasteiger partial charge on any atom is -0.855 e. The molecule has 0 amide bonds. The van der Waals surface area contributed by atoms with Crippen LogP contribution in [0.25, 0.3) is 0 Å². The molecule has 0 aliphatic heterocycles. The minimum absolute atomic E-state index is 0. The van der Waals surface area contributed by atoms with E-state index in [9.17, 15) is 10.2 Å². The second-order valence-corrected chi connectivity index (χ2v) is 0.977. The predicted molar refractivity (Wildman–Crippen MR) is 20.1 cm³/mol. The summed E-state index contributed by atoms with van der Waals surface area (Å²) in [6.07, 6.45) is -0.921. The Bertz CT molecular complexity index is 22.8. The average Bonchev–Trinajstić information content (AvgIpc) is 1.38. The van der Waals surface area contributed by atoms with E-state index >= 15 is 0 Å². The van der Waals surface area contributed by atoms with E-state index in [0.29, 0.717) is 0 Å². The van der Waals surface area contributed by atoms with Gasteiger partial charge < -0.3 is 10.2 Å². The first-order valence-corrected chi connectivity index (χ1v) is 1.51.